The molecule has 3 rings (SSSR count). The molecule has 6 nitrogen and oxygen atoms in total. The molecule has 2 aromatic rings. The van der Waals surface area contributed by atoms with Crippen molar-refractivity contribution >= 4 is 23.2 Å². The van der Waals surface area contributed by atoms with Crippen LogP contribution in [-0.2, 0) is 13.0 Å². The van der Waals surface area contributed by atoms with E-state index >= 15 is 0 Å². The summed E-state index contributed by atoms with van der Waals surface area (Å²) in [7, 11) is 0. The molecule has 0 atom stereocenters. The number of hydrogen-bond acceptors (Lipinski definition) is 5. The molecule has 0 saturated carbocycles. The first-order valence-corrected chi connectivity index (χ1v) is 9.17. The number of thiazole rings is 1. The van der Waals surface area contributed by atoms with Gasteiger partial charge in [-0.05, 0) is 25.5 Å². The molecule has 0 spiro atoms. The number of rotatable bonds is 4. The third-order valence-electron chi connectivity index (χ3n) is 4.07. The lowest BCUT2D eigenvalue weighted by atomic mass is 10.3. The van der Waals surface area contributed by atoms with E-state index in [4.69, 9.17) is 0 Å². The highest BCUT2D eigenvalue weighted by Gasteiger charge is 2.21. The van der Waals surface area contributed by atoms with E-state index in [9.17, 15) is 4.79 Å². The summed E-state index contributed by atoms with van der Waals surface area (Å²) in [6.07, 6.45) is 0.992. The average Bonchev–Trinajstić information content (AvgIpc) is 3.03. The van der Waals surface area contributed by atoms with Crippen LogP contribution in [-0.4, -0.2) is 52.0 Å². The Morgan fingerprint density at radius 2 is 2.04 bits per heavy atom. The molecule has 1 N–H and O–H groups in total. The zero-order valence-electron chi connectivity index (χ0n) is 14.2. The van der Waals surface area contributed by atoms with Crippen molar-refractivity contribution in [1.29, 1.82) is 0 Å². The second-order valence-corrected chi connectivity index (χ2v) is 6.89. The molecular formula is C17H23N5OS. The Morgan fingerprint density at radius 1 is 1.25 bits per heavy atom. The van der Waals surface area contributed by atoms with E-state index in [0.717, 1.165) is 50.5 Å². The first kappa shape index (κ1) is 16.9. The normalized spacial score (nSPS) is 15.5. The van der Waals surface area contributed by atoms with E-state index in [0.29, 0.717) is 5.82 Å². The highest BCUT2D eigenvalue weighted by molar-refractivity contribution is 7.09. The van der Waals surface area contributed by atoms with Crippen molar-refractivity contribution in [3.8, 4) is 0 Å². The molecule has 0 bridgehead atoms. The quantitative estimate of drug-likeness (QED) is 0.925. The topological polar surface area (TPSA) is 61.4 Å². The Balaban J connectivity index is 1.48. The van der Waals surface area contributed by atoms with Crippen molar-refractivity contribution in [2.75, 3.05) is 31.5 Å². The number of anilines is 1. The van der Waals surface area contributed by atoms with Crippen LogP contribution in [0.25, 0.3) is 0 Å². The molecule has 24 heavy (non-hydrogen) atoms. The van der Waals surface area contributed by atoms with Crippen LogP contribution in [0, 0.1) is 6.92 Å². The Labute approximate surface area is 146 Å². The summed E-state index contributed by atoms with van der Waals surface area (Å²) in [5.41, 5.74) is 2.03. The fraction of sp³-hybridized carbons (Fsp3) is 0.471. The van der Waals surface area contributed by atoms with Gasteiger partial charge in [-0.1, -0.05) is 13.0 Å². The van der Waals surface area contributed by atoms with Crippen molar-refractivity contribution in [3.05, 3.63) is 40.0 Å². The molecular weight excluding hydrogens is 322 g/mol. The number of piperazine rings is 1. The number of amides is 2. The van der Waals surface area contributed by atoms with Crippen molar-refractivity contribution in [3.63, 3.8) is 0 Å². The maximum atomic E-state index is 12.3. The molecule has 3 heterocycles. The number of hydrogen-bond donors (Lipinski definition) is 1. The largest absolute Gasteiger partial charge is 0.323 e. The number of urea groups is 1. The van der Waals surface area contributed by atoms with Crippen LogP contribution in [0.5, 0.6) is 0 Å². The summed E-state index contributed by atoms with van der Waals surface area (Å²) in [5, 5.41) is 6.20. The van der Waals surface area contributed by atoms with Crippen LogP contribution >= 0.6 is 11.3 Å². The first-order valence-electron chi connectivity index (χ1n) is 8.29. The van der Waals surface area contributed by atoms with E-state index < -0.39 is 0 Å². The molecule has 0 unspecified atom stereocenters. The van der Waals surface area contributed by atoms with E-state index in [1.54, 1.807) is 11.3 Å². The maximum Gasteiger partial charge on any atom is 0.323 e. The van der Waals surface area contributed by atoms with Crippen LogP contribution in [0.1, 0.15) is 23.3 Å². The Hall–Kier alpha value is -1.99. The first-order chi connectivity index (χ1) is 11.6. The molecule has 0 aromatic carbocycles. The molecule has 0 radical (unpaired) electrons. The Bertz CT molecular complexity index is 694. The van der Waals surface area contributed by atoms with Gasteiger partial charge < -0.3 is 4.90 Å². The molecule has 1 saturated heterocycles. The summed E-state index contributed by atoms with van der Waals surface area (Å²) in [6, 6.07) is 5.55. The average molecular weight is 345 g/mol. The van der Waals surface area contributed by atoms with Crippen molar-refractivity contribution < 1.29 is 4.79 Å². The third kappa shape index (κ3) is 4.30. The number of nitrogens with zero attached hydrogens (tertiary/aromatic N) is 4. The Kier molecular flexibility index (Phi) is 5.42. The number of aromatic nitrogens is 2. The van der Waals surface area contributed by atoms with Gasteiger partial charge in [-0.3, -0.25) is 10.2 Å². The summed E-state index contributed by atoms with van der Waals surface area (Å²) < 4.78 is 0. The molecule has 2 aromatic heterocycles. The zero-order chi connectivity index (χ0) is 16.9. The molecule has 128 valence electrons. The van der Waals surface area contributed by atoms with Gasteiger partial charge in [0.1, 0.15) is 5.82 Å². The molecule has 1 aliphatic rings. The fourth-order valence-corrected chi connectivity index (χ4v) is 3.46. The van der Waals surface area contributed by atoms with Crippen molar-refractivity contribution in [2.24, 2.45) is 0 Å². The van der Waals surface area contributed by atoms with Gasteiger partial charge in [0.15, 0.2) is 0 Å². The van der Waals surface area contributed by atoms with Crippen LogP contribution in [0.4, 0.5) is 10.6 Å². The van der Waals surface area contributed by atoms with Gasteiger partial charge >= 0.3 is 6.03 Å². The van der Waals surface area contributed by atoms with Crippen LogP contribution in [0.15, 0.2) is 23.6 Å². The number of pyridine rings is 1. The standard InChI is InChI=1S/C17H23N5OS/c1-3-16-19-14(12-24-16)11-21-7-9-22(10-8-21)17(23)20-15-6-4-5-13(2)18-15/h4-6,12H,3,7-11H2,1-2H3,(H,18,20,23). The Morgan fingerprint density at radius 3 is 2.71 bits per heavy atom. The number of carbonyl (C=O) groups is 1. The summed E-state index contributed by atoms with van der Waals surface area (Å²) in [4.78, 5) is 25.5. The second-order valence-electron chi connectivity index (χ2n) is 5.94. The van der Waals surface area contributed by atoms with Gasteiger partial charge in [-0.25, -0.2) is 14.8 Å². The van der Waals surface area contributed by atoms with Gasteiger partial charge in [0.25, 0.3) is 0 Å². The lowest BCUT2D eigenvalue weighted by molar-refractivity contribution is 0.142. The second kappa shape index (κ2) is 7.72. The minimum absolute atomic E-state index is 0.0744. The van der Waals surface area contributed by atoms with E-state index in [2.05, 4.69) is 32.5 Å². The van der Waals surface area contributed by atoms with Gasteiger partial charge in [0.2, 0.25) is 0 Å². The minimum atomic E-state index is -0.0744. The molecule has 1 aliphatic heterocycles. The zero-order valence-corrected chi connectivity index (χ0v) is 15.0. The number of nitrogens with one attached hydrogen (secondary N) is 1. The summed E-state index contributed by atoms with van der Waals surface area (Å²) in [5.74, 6) is 0.608. The van der Waals surface area contributed by atoms with Crippen LogP contribution < -0.4 is 5.32 Å². The number of carbonyl (C=O) groups excluding carboxylic acids is 1. The van der Waals surface area contributed by atoms with E-state index in [1.165, 1.54) is 5.01 Å². The highest BCUT2D eigenvalue weighted by atomic mass is 32.1. The fourth-order valence-electron chi connectivity index (χ4n) is 2.72. The number of aryl methyl sites for hydroxylation is 2. The minimum Gasteiger partial charge on any atom is -0.322 e. The van der Waals surface area contributed by atoms with E-state index in [1.807, 2.05) is 30.0 Å². The monoisotopic (exact) mass is 345 g/mol. The molecule has 7 heteroatoms. The molecule has 0 aliphatic carbocycles. The summed E-state index contributed by atoms with van der Waals surface area (Å²) in [6.45, 7) is 8.09. The predicted octanol–water partition coefficient (Wildman–Crippen LogP) is 2.76. The van der Waals surface area contributed by atoms with E-state index in [-0.39, 0.29) is 6.03 Å². The van der Waals surface area contributed by atoms with Crippen molar-refractivity contribution in [2.45, 2.75) is 26.8 Å². The summed E-state index contributed by atoms with van der Waals surface area (Å²) >= 11 is 1.73. The molecule has 2 amide bonds. The lowest BCUT2D eigenvalue weighted by Crippen LogP contribution is -2.49. The van der Waals surface area contributed by atoms with Crippen LogP contribution in [0.3, 0.4) is 0 Å². The van der Waals surface area contributed by atoms with Gasteiger partial charge in [0.05, 0.1) is 10.7 Å². The highest BCUT2D eigenvalue weighted by Crippen LogP contribution is 2.14. The van der Waals surface area contributed by atoms with Crippen LogP contribution in [0.2, 0.25) is 0 Å². The van der Waals surface area contributed by atoms with Crippen molar-refractivity contribution in [1.82, 2.24) is 19.8 Å². The molecule has 1 fully saturated rings. The SMILES string of the molecule is CCc1nc(CN2CCN(C(=O)Nc3cccc(C)n3)CC2)cs1. The van der Waals surface area contributed by atoms with Gasteiger partial charge in [0, 0.05) is 43.8 Å². The van der Waals surface area contributed by atoms with Gasteiger partial charge in [-0.2, -0.15) is 0 Å². The lowest BCUT2D eigenvalue weighted by Gasteiger charge is -2.34. The predicted molar refractivity (Wildman–Crippen MR) is 96.3 cm³/mol. The smallest absolute Gasteiger partial charge is 0.322 e. The maximum absolute atomic E-state index is 12.3. The van der Waals surface area contributed by atoms with Gasteiger partial charge in [-0.15, -0.1) is 11.3 Å². The third-order valence-corrected chi connectivity index (χ3v) is 5.11.